The van der Waals surface area contributed by atoms with Gasteiger partial charge in [0.1, 0.15) is 0 Å². The van der Waals surface area contributed by atoms with Crippen molar-refractivity contribution < 1.29 is 14.7 Å². The minimum absolute atomic E-state index is 0.0435. The number of carboxylic acid groups (broad SMARTS) is 1. The standard InChI is InChI=1S/C13H12N2O3S/c14-5-1-2-6-15-10-7-9(13(17)18)3-4-11(10)19-8-12(15)16/h3-4,7H,1-2,6,8H2,(H,17,18). The summed E-state index contributed by atoms with van der Waals surface area (Å²) in [7, 11) is 0. The van der Waals surface area contributed by atoms with Crippen LogP contribution in [0.4, 0.5) is 5.69 Å². The predicted molar refractivity (Wildman–Crippen MR) is 71.3 cm³/mol. The van der Waals surface area contributed by atoms with Crippen molar-refractivity contribution in [3.05, 3.63) is 23.8 Å². The summed E-state index contributed by atoms with van der Waals surface area (Å²) in [5.74, 6) is -0.702. The van der Waals surface area contributed by atoms with E-state index in [0.29, 0.717) is 30.8 Å². The second kappa shape index (κ2) is 5.76. The van der Waals surface area contributed by atoms with E-state index in [4.69, 9.17) is 10.4 Å². The second-order valence-corrected chi connectivity index (χ2v) is 5.10. The molecule has 0 saturated heterocycles. The van der Waals surface area contributed by atoms with Crippen LogP contribution in [0, 0.1) is 11.3 Å². The molecular formula is C13H12N2O3S. The number of unbranched alkanes of at least 4 members (excludes halogenated alkanes) is 1. The molecule has 0 aromatic heterocycles. The first-order chi connectivity index (χ1) is 9.13. The molecule has 1 aliphatic rings. The maximum absolute atomic E-state index is 11.9. The zero-order valence-corrected chi connectivity index (χ0v) is 10.9. The van der Waals surface area contributed by atoms with Crippen LogP contribution in [-0.4, -0.2) is 29.3 Å². The number of carbonyl (C=O) groups excluding carboxylic acids is 1. The Kier molecular flexibility index (Phi) is 4.07. The van der Waals surface area contributed by atoms with E-state index in [1.165, 1.54) is 23.9 Å². The van der Waals surface area contributed by atoms with Crippen LogP contribution in [-0.2, 0) is 4.79 Å². The highest BCUT2D eigenvalue weighted by Crippen LogP contribution is 2.36. The third-order valence-electron chi connectivity index (χ3n) is 2.82. The number of nitriles is 1. The van der Waals surface area contributed by atoms with E-state index in [0.717, 1.165) is 4.90 Å². The van der Waals surface area contributed by atoms with Gasteiger partial charge in [-0.05, 0) is 24.6 Å². The van der Waals surface area contributed by atoms with Crippen LogP contribution in [0.1, 0.15) is 23.2 Å². The number of hydrogen-bond acceptors (Lipinski definition) is 4. The summed E-state index contributed by atoms with van der Waals surface area (Å²) in [6, 6.07) is 6.83. The molecular weight excluding hydrogens is 264 g/mol. The van der Waals surface area contributed by atoms with Crippen LogP contribution >= 0.6 is 11.8 Å². The Hall–Kier alpha value is -2.00. The van der Waals surface area contributed by atoms with Crippen LogP contribution < -0.4 is 4.90 Å². The molecule has 0 radical (unpaired) electrons. The van der Waals surface area contributed by atoms with Gasteiger partial charge in [0.05, 0.1) is 23.1 Å². The number of fused-ring (bicyclic) bond motifs is 1. The zero-order chi connectivity index (χ0) is 13.8. The maximum atomic E-state index is 11.9. The number of amides is 1. The summed E-state index contributed by atoms with van der Waals surface area (Å²) in [4.78, 5) is 25.4. The average Bonchev–Trinajstić information content (AvgIpc) is 2.40. The molecule has 6 heteroatoms. The van der Waals surface area contributed by atoms with Gasteiger partial charge in [0.2, 0.25) is 5.91 Å². The molecule has 1 aromatic rings. The minimum Gasteiger partial charge on any atom is -0.478 e. The molecule has 0 atom stereocenters. The third kappa shape index (κ3) is 2.88. The molecule has 0 unspecified atom stereocenters. The first-order valence-electron chi connectivity index (χ1n) is 5.81. The molecule has 1 amide bonds. The van der Waals surface area contributed by atoms with E-state index in [-0.39, 0.29) is 11.5 Å². The Morgan fingerprint density at radius 1 is 1.53 bits per heavy atom. The average molecular weight is 276 g/mol. The molecule has 2 rings (SSSR count). The van der Waals surface area contributed by atoms with Crippen molar-refractivity contribution in [1.29, 1.82) is 5.26 Å². The molecule has 0 fully saturated rings. The number of nitrogens with zero attached hydrogens (tertiary/aromatic N) is 2. The van der Waals surface area contributed by atoms with Crippen LogP contribution in [0.2, 0.25) is 0 Å². The number of benzene rings is 1. The van der Waals surface area contributed by atoms with Crippen molar-refractivity contribution in [3.63, 3.8) is 0 Å². The monoisotopic (exact) mass is 276 g/mol. The van der Waals surface area contributed by atoms with Gasteiger partial charge in [-0.1, -0.05) is 0 Å². The second-order valence-electron chi connectivity index (χ2n) is 4.08. The van der Waals surface area contributed by atoms with Crippen LogP contribution in [0.15, 0.2) is 23.1 Å². The molecule has 98 valence electrons. The lowest BCUT2D eigenvalue weighted by atomic mass is 10.1. The fraction of sp³-hybridized carbons (Fsp3) is 0.308. The van der Waals surface area contributed by atoms with Crippen molar-refractivity contribution >= 4 is 29.3 Å². The fourth-order valence-corrected chi connectivity index (χ4v) is 2.81. The van der Waals surface area contributed by atoms with E-state index in [1.807, 2.05) is 6.07 Å². The number of hydrogen-bond donors (Lipinski definition) is 1. The van der Waals surface area contributed by atoms with Crippen LogP contribution in [0.3, 0.4) is 0 Å². The molecule has 1 aliphatic heterocycles. The molecule has 1 aromatic carbocycles. The lowest BCUT2D eigenvalue weighted by molar-refractivity contribution is -0.116. The lowest BCUT2D eigenvalue weighted by Crippen LogP contribution is -2.36. The zero-order valence-electron chi connectivity index (χ0n) is 10.1. The van der Waals surface area contributed by atoms with Gasteiger partial charge in [0, 0.05) is 17.9 Å². The topological polar surface area (TPSA) is 81.4 Å². The molecule has 5 nitrogen and oxygen atoms in total. The quantitative estimate of drug-likeness (QED) is 0.852. The Morgan fingerprint density at radius 2 is 2.32 bits per heavy atom. The summed E-state index contributed by atoms with van der Waals surface area (Å²) in [6.45, 7) is 0.447. The molecule has 19 heavy (non-hydrogen) atoms. The Labute approximate surface area is 114 Å². The van der Waals surface area contributed by atoms with Crippen LogP contribution in [0.25, 0.3) is 0 Å². The summed E-state index contributed by atoms with van der Waals surface area (Å²) >= 11 is 1.41. The fourth-order valence-electron chi connectivity index (χ4n) is 1.90. The smallest absolute Gasteiger partial charge is 0.335 e. The first kappa shape index (κ1) is 13.4. The maximum Gasteiger partial charge on any atom is 0.335 e. The SMILES string of the molecule is N#CCCCN1C(=O)CSc2ccc(C(=O)O)cc21. The van der Waals surface area contributed by atoms with E-state index >= 15 is 0 Å². The third-order valence-corrected chi connectivity index (χ3v) is 3.87. The highest BCUT2D eigenvalue weighted by Gasteiger charge is 2.25. The Balaban J connectivity index is 2.30. The number of carboxylic acids is 1. The number of carbonyl (C=O) groups is 2. The van der Waals surface area contributed by atoms with Gasteiger partial charge in [-0.15, -0.1) is 11.8 Å². The van der Waals surface area contributed by atoms with Gasteiger partial charge in [-0.2, -0.15) is 5.26 Å². The van der Waals surface area contributed by atoms with Crippen molar-refractivity contribution in [3.8, 4) is 6.07 Å². The summed E-state index contributed by atoms with van der Waals surface area (Å²) in [5, 5.41) is 17.5. The summed E-state index contributed by atoms with van der Waals surface area (Å²) < 4.78 is 0. The van der Waals surface area contributed by atoms with Gasteiger partial charge in [-0.25, -0.2) is 4.79 Å². The molecule has 0 saturated carbocycles. The number of rotatable bonds is 4. The van der Waals surface area contributed by atoms with Crippen molar-refractivity contribution in [2.45, 2.75) is 17.7 Å². The van der Waals surface area contributed by atoms with Crippen molar-refractivity contribution in [1.82, 2.24) is 0 Å². The highest BCUT2D eigenvalue weighted by atomic mass is 32.2. The molecule has 1 N–H and O–H groups in total. The normalized spacial score (nSPS) is 13.8. The molecule has 0 aliphatic carbocycles. The van der Waals surface area contributed by atoms with Crippen molar-refractivity contribution in [2.24, 2.45) is 0 Å². The summed E-state index contributed by atoms with van der Waals surface area (Å²) in [5.41, 5.74) is 0.804. The van der Waals surface area contributed by atoms with E-state index in [1.54, 1.807) is 11.0 Å². The highest BCUT2D eigenvalue weighted by molar-refractivity contribution is 8.00. The van der Waals surface area contributed by atoms with E-state index in [9.17, 15) is 9.59 Å². The van der Waals surface area contributed by atoms with Crippen LogP contribution in [0.5, 0.6) is 0 Å². The van der Waals surface area contributed by atoms with Gasteiger partial charge in [0.25, 0.3) is 0 Å². The van der Waals surface area contributed by atoms with Gasteiger partial charge >= 0.3 is 5.97 Å². The lowest BCUT2D eigenvalue weighted by Gasteiger charge is -2.29. The number of anilines is 1. The molecule has 1 heterocycles. The van der Waals surface area contributed by atoms with Gasteiger partial charge < -0.3 is 10.0 Å². The number of thioether (sulfide) groups is 1. The van der Waals surface area contributed by atoms with Gasteiger partial charge in [-0.3, -0.25) is 4.79 Å². The van der Waals surface area contributed by atoms with E-state index < -0.39 is 5.97 Å². The molecule has 0 bridgehead atoms. The minimum atomic E-state index is -1.01. The van der Waals surface area contributed by atoms with Gasteiger partial charge in [0.15, 0.2) is 0 Å². The van der Waals surface area contributed by atoms with E-state index in [2.05, 4.69) is 0 Å². The Morgan fingerprint density at radius 3 is 3.00 bits per heavy atom. The predicted octanol–water partition coefficient (Wildman–Crippen LogP) is 2.13. The Bertz CT molecular complexity index is 565. The number of aromatic carboxylic acids is 1. The summed E-state index contributed by atoms with van der Waals surface area (Å²) in [6.07, 6.45) is 0.967. The largest absolute Gasteiger partial charge is 0.478 e. The molecule has 0 spiro atoms. The van der Waals surface area contributed by atoms with Crippen molar-refractivity contribution in [2.75, 3.05) is 17.2 Å². The first-order valence-corrected chi connectivity index (χ1v) is 6.79.